The van der Waals surface area contributed by atoms with E-state index >= 15 is 0 Å². The summed E-state index contributed by atoms with van der Waals surface area (Å²) in [5.74, 6) is 0. The SMILES string of the molecule is FC(F)(F)c1ccc(CCCc2ccc(Cl)cc2)cn1. The van der Waals surface area contributed by atoms with E-state index in [1.807, 2.05) is 24.3 Å². The summed E-state index contributed by atoms with van der Waals surface area (Å²) in [4.78, 5) is 3.44. The molecule has 0 N–H and O–H groups in total. The van der Waals surface area contributed by atoms with Crippen LogP contribution in [0.5, 0.6) is 0 Å². The number of benzene rings is 1. The lowest BCUT2D eigenvalue weighted by Gasteiger charge is -2.06. The second-order valence-corrected chi connectivity index (χ2v) is 4.97. The van der Waals surface area contributed by atoms with Crippen LogP contribution in [0.4, 0.5) is 13.2 Å². The van der Waals surface area contributed by atoms with E-state index in [9.17, 15) is 13.2 Å². The molecule has 0 aliphatic heterocycles. The summed E-state index contributed by atoms with van der Waals surface area (Å²) in [7, 11) is 0. The standard InChI is InChI=1S/C15H13ClF3N/c16-13-7-4-11(5-8-13)2-1-3-12-6-9-14(20-10-12)15(17,18)19/h4-10H,1-3H2. The monoisotopic (exact) mass is 299 g/mol. The smallest absolute Gasteiger partial charge is 0.252 e. The predicted molar refractivity (Wildman–Crippen MR) is 72.7 cm³/mol. The second kappa shape index (κ2) is 6.27. The zero-order chi connectivity index (χ0) is 14.6. The van der Waals surface area contributed by atoms with Gasteiger partial charge in [-0.2, -0.15) is 13.2 Å². The topological polar surface area (TPSA) is 12.9 Å². The van der Waals surface area contributed by atoms with E-state index in [1.165, 1.54) is 12.3 Å². The second-order valence-electron chi connectivity index (χ2n) is 4.53. The van der Waals surface area contributed by atoms with Gasteiger partial charge in [0.25, 0.3) is 0 Å². The molecule has 0 aliphatic rings. The van der Waals surface area contributed by atoms with E-state index in [0.29, 0.717) is 11.4 Å². The third-order valence-electron chi connectivity index (χ3n) is 2.96. The van der Waals surface area contributed by atoms with Gasteiger partial charge in [0.1, 0.15) is 5.69 Å². The van der Waals surface area contributed by atoms with Crippen LogP contribution in [0.3, 0.4) is 0 Å². The first-order valence-electron chi connectivity index (χ1n) is 6.22. The molecule has 0 aliphatic carbocycles. The Morgan fingerprint density at radius 2 is 1.50 bits per heavy atom. The number of alkyl halides is 3. The van der Waals surface area contributed by atoms with E-state index < -0.39 is 11.9 Å². The van der Waals surface area contributed by atoms with Gasteiger partial charge in [-0.15, -0.1) is 0 Å². The minimum Gasteiger partial charge on any atom is -0.252 e. The number of hydrogen-bond acceptors (Lipinski definition) is 1. The van der Waals surface area contributed by atoms with Crippen molar-refractivity contribution in [2.45, 2.75) is 25.4 Å². The van der Waals surface area contributed by atoms with Gasteiger partial charge in [0, 0.05) is 11.2 Å². The lowest BCUT2D eigenvalue weighted by atomic mass is 10.1. The molecule has 2 rings (SSSR count). The van der Waals surface area contributed by atoms with Crippen molar-refractivity contribution in [1.29, 1.82) is 0 Å². The highest BCUT2D eigenvalue weighted by Crippen LogP contribution is 2.27. The third kappa shape index (κ3) is 4.23. The van der Waals surface area contributed by atoms with Crippen molar-refractivity contribution in [2.75, 3.05) is 0 Å². The fraction of sp³-hybridized carbons (Fsp3) is 0.267. The molecule has 5 heteroatoms. The number of aromatic nitrogens is 1. The fourth-order valence-electron chi connectivity index (χ4n) is 1.89. The van der Waals surface area contributed by atoms with Crippen molar-refractivity contribution < 1.29 is 13.2 Å². The average molecular weight is 300 g/mol. The van der Waals surface area contributed by atoms with Crippen LogP contribution in [0.1, 0.15) is 23.2 Å². The number of rotatable bonds is 4. The molecule has 106 valence electrons. The Labute approximate surface area is 120 Å². The molecule has 0 spiro atoms. The van der Waals surface area contributed by atoms with Gasteiger partial charge in [-0.1, -0.05) is 29.8 Å². The Hall–Kier alpha value is -1.55. The summed E-state index contributed by atoms with van der Waals surface area (Å²) < 4.78 is 37.1. The van der Waals surface area contributed by atoms with Crippen molar-refractivity contribution >= 4 is 11.6 Å². The maximum absolute atomic E-state index is 12.4. The van der Waals surface area contributed by atoms with Gasteiger partial charge >= 0.3 is 6.18 Å². The molecule has 1 nitrogen and oxygen atoms in total. The number of aryl methyl sites for hydroxylation is 2. The van der Waals surface area contributed by atoms with E-state index in [1.54, 1.807) is 0 Å². The number of pyridine rings is 1. The molecule has 0 unspecified atom stereocenters. The van der Waals surface area contributed by atoms with Gasteiger partial charge < -0.3 is 0 Å². The van der Waals surface area contributed by atoms with Gasteiger partial charge in [0.2, 0.25) is 0 Å². The van der Waals surface area contributed by atoms with Gasteiger partial charge in [-0.3, -0.25) is 4.98 Å². The Bertz CT molecular complexity index is 547. The van der Waals surface area contributed by atoms with Crippen LogP contribution >= 0.6 is 11.6 Å². The highest BCUT2D eigenvalue weighted by molar-refractivity contribution is 6.30. The van der Waals surface area contributed by atoms with Crippen LogP contribution in [0.2, 0.25) is 5.02 Å². The van der Waals surface area contributed by atoms with Gasteiger partial charge in [-0.05, 0) is 48.6 Å². The van der Waals surface area contributed by atoms with Crippen LogP contribution in [0, 0.1) is 0 Å². The summed E-state index contributed by atoms with van der Waals surface area (Å²) in [6, 6.07) is 10.1. The normalized spacial score (nSPS) is 11.6. The molecule has 1 aromatic heterocycles. The van der Waals surface area contributed by atoms with Crippen LogP contribution in [0.15, 0.2) is 42.6 Å². The molecule has 0 atom stereocenters. The van der Waals surface area contributed by atoms with Crippen molar-refractivity contribution in [3.05, 3.63) is 64.4 Å². The lowest BCUT2D eigenvalue weighted by molar-refractivity contribution is -0.141. The van der Waals surface area contributed by atoms with E-state index in [-0.39, 0.29) is 0 Å². The van der Waals surface area contributed by atoms with Crippen molar-refractivity contribution in [1.82, 2.24) is 4.98 Å². The molecule has 0 saturated heterocycles. The minimum atomic E-state index is -4.37. The quantitative estimate of drug-likeness (QED) is 0.780. The summed E-state index contributed by atoms with van der Waals surface area (Å²) in [5.41, 5.74) is 1.13. The first-order valence-corrected chi connectivity index (χ1v) is 6.59. The maximum Gasteiger partial charge on any atom is 0.433 e. The van der Waals surface area contributed by atoms with Crippen LogP contribution in [-0.2, 0) is 19.0 Å². The molecular weight excluding hydrogens is 287 g/mol. The molecule has 0 bridgehead atoms. The maximum atomic E-state index is 12.4. The summed E-state index contributed by atoms with van der Waals surface area (Å²) in [5, 5.41) is 0.695. The third-order valence-corrected chi connectivity index (χ3v) is 3.21. The van der Waals surface area contributed by atoms with E-state index in [0.717, 1.165) is 30.0 Å². The van der Waals surface area contributed by atoms with Crippen LogP contribution in [0.25, 0.3) is 0 Å². The molecular formula is C15H13ClF3N. The number of hydrogen-bond donors (Lipinski definition) is 0. The Balaban J connectivity index is 1.87. The summed E-state index contributed by atoms with van der Waals surface area (Å²) in [6.45, 7) is 0. The average Bonchev–Trinajstić information content (AvgIpc) is 2.41. The molecule has 20 heavy (non-hydrogen) atoms. The van der Waals surface area contributed by atoms with Crippen molar-refractivity contribution in [3.63, 3.8) is 0 Å². The van der Waals surface area contributed by atoms with Crippen LogP contribution < -0.4 is 0 Å². The Kier molecular flexibility index (Phi) is 4.65. The van der Waals surface area contributed by atoms with Gasteiger partial charge in [0.05, 0.1) is 0 Å². The Morgan fingerprint density at radius 3 is 2.05 bits per heavy atom. The summed E-state index contributed by atoms with van der Waals surface area (Å²) in [6.07, 6.45) is -0.660. The fourth-order valence-corrected chi connectivity index (χ4v) is 2.01. The zero-order valence-corrected chi connectivity index (χ0v) is 11.4. The van der Waals surface area contributed by atoms with Gasteiger partial charge in [-0.25, -0.2) is 0 Å². The lowest BCUT2D eigenvalue weighted by Crippen LogP contribution is -2.07. The van der Waals surface area contributed by atoms with Crippen LogP contribution in [-0.4, -0.2) is 4.98 Å². The first-order chi connectivity index (χ1) is 9.45. The molecule has 1 heterocycles. The Morgan fingerprint density at radius 1 is 0.900 bits per heavy atom. The highest BCUT2D eigenvalue weighted by Gasteiger charge is 2.31. The largest absolute Gasteiger partial charge is 0.433 e. The predicted octanol–water partition coefficient (Wildman–Crippen LogP) is 4.93. The first kappa shape index (κ1) is 14.9. The zero-order valence-electron chi connectivity index (χ0n) is 10.6. The van der Waals surface area contributed by atoms with E-state index in [4.69, 9.17) is 11.6 Å². The molecule has 2 aromatic rings. The van der Waals surface area contributed by atoms with Gasteiger partial charge in [0.15, 0.2) is 0 Å². The number of halogens is 4. The molecule has 0 saturated carbocycles. The summed E-state index contributed by atoms with van der Waals surface area (Å²) >= 11 is 5.79. The van der Waals surface area contributed by atoms with Crippen molar-refractivity contribution in [2.24, 2.45) is 0 Å². The molecule has 0 radical (unpaired) electrons. The number of nitrogens with zero attached hydrogens (tertiary/aromatic N) is 1. The molecule has 0 fully saturated rings. The highest BCUT2D eigenvalue weighted by atomic mass is 35.5. The van der Waals surface area contributed by atoms with Crippen molar-refractivity contribution in [3.8, 4) is 0 Å². The minimum absolute atomic E-state index is 0.695. The molecule has 1 aromatic carbocycles. The van der Waals surface area contributed by atoms with E-state index in [2.05, 4.69) is 4.98 Å². The molecule has 0 amide bonds.